The van der Waals surface area contributed by atoms with Gasteiger partial charge in [-0.2, -0.15) is 8.78 Å². The van der Waals surface area contributed by atoms with Crippen LogP contribution in [-0.4, -0.2) is 54.0 Å². The lowest BCUT2D eigenvalue weighted by molar-refractivity contribution is -0.0520. The van der Waals surface area contributed by atoms with Crippen molar-refractivity contribution >= 4 is 40.0 Å². The lowest BCUT2D eigenvalue weighted by Crippen LogP contribution is -2.38. The Balaban J connectivity index is 0.00000729. The van der Waals surface area contributed by atoms with Crippen LogP contribution in [0.1, 0.15) is 18.9 Å². The van der Waals surface area contributed by atoms with Gasteiger partial charge in [-0.25, -0.2) is 13.1 Å². The first-order chi connectivity index (χ1) is 12.8. The standard InChI is InChI=1S/C16H26F2N4O4S.HI/c1-4-25-13-8-5-7-12(14(13)26-15(17)18)11-21-16(19-2)20-9-6-10-22-27(3,23)24;/h5,7-8,15,22H,4,6,9-11H2,1-3H3,(H2,19,20,21);1H. The number of halogens is 3. The fourth-order valence-electron chi connectivity index (χ4n) is 2.14. The molecule has 0 fully saturated rings. The molecular formula is C16H27F2IN4O4S. The smallest absolute Gasteiger partial charge is 0.387 e. The third-order valence-electron chi connectivity index (χ3n) is 3.25. The fraction of sp³-hybridized carbons (Fsp3) is 0.562. The molecule has 0 heterocycles. The van der Waals surface area contributed by atoms with E-state index in [1.54, 1.807) is 32.2 Å². The van der Waals surface area contributed by atoms with Gasteiger partial charge in [-0.15, -0.1) is 24.0 Å². The van der Waals surface area contributed by atoms with Crippen LogP contribution in [-0.2, 0) is 16.6 Å². The Kier molecular flexibility index (Phi) is 13.0. The Labute approximate surface area is 181 Å². The molecule has 0 atom stereocenters. The Bertz CT molecular complexity index is 721. The van der Waals surface area contributed by atoms with Crippen LogP contribution in [0.25, 0.3) is 0 Å². The molecule has 0 spiro atoms. The van der Waals surface area contributed by atoms with Crippen molar-refractivity contribution in [2.24, 2.45) is 4.99 Å². The second kappa shape index (κ2) is 13.7. The van der Waals surface area contributed by atoms with Crippen molar-refractivity contribution in [2.45, 2.75) is 26.5 Å². The van der Waals surface area contributed by atoms with Crippen molar-refractivity contribution < 1.29 is 26.7 Å². The molecule has 1 aromatic rings. The van der Waals surface area contributed by atoms with Crippen LogP contribution in [0.3, 0.4) is 0 Å². The molecule has 0 aromatic heterocycles. The molecule has 0 bridgehead atoms. The highest BCUT2D eigenvalue weighted by molar-refractivity contribution is 14.0. The van der Waals surface area contributed by atoms with Gasteiger partial charge >= 0.3 is 6.61 Å². The van der Waals surface area contributed by atoms with Crippen LogP contribution in [0.2, 0.25) is 0 Å². The van der Waals surface area contributed by atoms with Crippen LogP contribution in [0.5, 0.6) is 11.5 Å². The lowest BCUT2D eigenvalue weighted by atomic mass is 10.2. The molecule has 3 N–H and O–H groups in total. The highest BCUT2D eigenvalue weighted by Gasteiger charge is 2.16. The van der Waals surface area contributed by atoms with Gasteiger partial charge in [0, 0.05) is 32.2 Å². The van der Waals surface area contributed by atoms with Gasteiger partial charge in [0.1, 0.15) is 0 Å². The van der Waals surface area contributed by atoms with Crippen LogP contribution in [0, 0.1) is 0 Å². The van der Waals surface area contributed by atoms with E-state index in [0.29, 0.717) is 37.6 Å². The number of benzene rings is 1. The molecule has 0 aliphatic carbocycles. The van der Waals surface area contributed by atoms with E-state index >= 15 is 0 Å². The maximum absolute atomic E-state index is 12.7. The molecule has 1 rings (SSSR count). The van der Waals surface area contributed by atoms with Gasteiger partial charge in [0.2, 0.25) is 10.0 Å². The van der Waals surface area contributed by atoms with Crippen LogP contribution < -0.4 is 24.8 Å². The molecule has 0 amide bonds. The monoisotopic (exact) mass is 536 g/mol. The zero-order valence-electron chi connectivity index (χ0n) is 16.0. The Hall–Kier alpha value is -1.41. The summed E-state index contributed by atoms with van der Waals surface area (Å²) in [5.74, 6) is 0.667. The molecule has 0 saturated carbocycles. The summed E-state index contributed by atoms with van der Waals surface area (Å²) in [6.45, 7) is 0.0604. The van der Waals surface area contributed by atoms with Gasteiger partial charge < -0.3 is 20.1 Å². The van der Waals surface area contributed by atoms with E-state index in [9.17, 15) is 17.2 Å². The summed E-state index contributed by atoms with van der Waals surface area (Å²) in [7, 11) is -1.64. The summed E-state index contributed by atoms with van der Waals surface area (Å²) in [4.78, 5) is 4.03. The highest BCUT2D eigenvalue weighted by Crippen LogP contribution is 2.32. The Morgan fingerprint density at radius 3 is 2.54 bits per heavy atom. The number of hydrogen-bond acceptors (Lipinski definition) is 5. The average molecular weight is 536 g/mol. The number of guanidine groups is 1. The van der Waals surface area contributed by atoms with Gasteiger partial charge in [-0.3, -0.25) is 4.99 Å². The van der Waals surface area contributed by atoms with Crippen molar-refractivity contribution in [3.05, 3.63) is 23.8 Å². The maximum Gasteiger partial charge on any atom is 0.387 e. The van der Waals surface area contributed by atoms with E-state index in [2.05, 4.69) is 25.1 Å². The summed E-state index contributed by atoms with van der Waals surface area (Å²) in [6.07, 6.45) is 1.64. The minimum absolute atomic E-state index is 0. The predicted molar refractivity (Wildman–Crippen MR) is 115 cm³/mol. The summed E-state index contributed by atoms with van der Waals surface area (Å²) >= 11 is 0. The molecule has 8 nitrogen and oxygen atoms in total. The van der Waals surface area contributed by atoms with E-state index in [0.717, 1.165) is 6.26 Å². The topological polar surface area (TPSA) is 101 Å². The Morgan fingerprint density at radius 1 is 1.25 bits per heavy atom. The minimum atomic E-state index is -3.21. The first-order valence-corrected chi connectivity index (χ1v) is 10.2. The zero-order valence-corrected chi connectivity index (χ0v) is 19.1. The summed E-state index contributed by atoms with van der Waals surface area (Å²) in [5.41, 5.74) is 0.489. The van der Waals surface area contributed by atoms with Gasteiger partial charge in [0.25, 0.3) is 0 Å². The number of alkyl halides is 2. The van der Waals surface area contributed by atoms with Gasteiger partial charge in [-0.05, 0) is 19.4 Å². The molecule has 0 radical (unpaired) electrons. The predicted octanol–water partition coefficient (Wildman–Crippen LogP) is 1.91. The molecule has 0 saturated heterocycles. The first-order valence-electron chi connectivity index (χ1n) is 8.35. The maximum atomic E-state index is 12.7. The number of nitrogens with one attached hydrogen (secondary N) is 3. The highest BCUT2D eigenvalue weighted by atomic mass is 127. The molecule has 0 unspecified atom stereocenters. The average Bonchev–Trinajstić information content (AvgIpc) is 2.58. The van der Waals surface area contributed by atoms with Crippen LogP contribution >= 0.6 is 24.0 Å². The van der Waals surface area contributed by atoms with E-state index in [-0.39, 0.29) is 42.0 Å². The number of hydrogen-bond donors (Lipinski definition) is 3. The second-order valence-corrected chi connectivity index (χ2v) is 7.26. The van der Waals surface area contributed by atoms with E-state index < -0.39 is 16.6 Å². The fourth-order valence-corrected chi connectivity index (χ4v) is 2.66. The van der Waals surface area contributed by atoms with Crippen molar-refractivity contribution in [2.75, 3.05) is 33.0 Å². The molecular weight excluding hydrogens is 509 g/mol. The summed E-state index contributed by atoms with van der Waals surface area (Å²) in [5, 5.41) is 6.01. The van der Waals surface area contributed by atoms with Crippen molar-refractivity contribution in [3.8, 4) is 11.5 Å². The van der Waals surface area contributed by atoms with Crippen molar-refractivity contribution in [3.63, 3.8) is 0 Å². The van der Waals surface area contributed by atoms with Crippen LogP contribution in [0.15, 0.2) is 23.2 Å². The zero-order chi connectivity index (χ0) is 20.3. The number of ether oxygens (including phenoxy) is 2. The number of para-hydroxylation sites is 1. The third-order valence-corrected chi connectivity index (χ3v) is 3.98. The quantitative estimate of drug-likeness (QED) is 0.173. The van der Waals surface area contributed by atoms with E-state index in [1.807, 2.05) is 0 Å². The van der Waals surface area contributed by atoms with E-state index in [1.165, 1.54) is 0 Å². The molecule has 28 heavy (non-hydrogen) atoms. The van der Waals surface area contributed by atoms with Gasteiger partial charge in [-0.1, -0.05) is 12.1 Å². The molecule has 1 aromatic carbocycles. The minimum Gasteiger partial charge on any atom is -0.490 e. The molecule has 162 valence electrons. The van der Waals surface area contributed by atoms with E-state index in [4.69, 9.17) is 4.74 Å². The normalized spacial score (nSPS) is 11.7. The number of rotatable bonds is 11. The van der Waals surface area contributed by atoms with Crippen molar-refractivity contribution in [1.29, 1.82) is 0 Å². The summed E-state index contributed by atoms with van der Waals surface area (Å²) < 4.78 is 59.8. The van der Waals surface area contributed by atoms with Gasteiger partial charge in [0.15, 0.2) is 17.5 Å². The molecule has 12 heteroatoms. The number of sulfonamides is 1. The third kappa shape index (κ3) is 10.8. The second-order valence-electron chi connectivity index (χ2n) is 5.43. The number of aliphatic imine (C=N–C) groups is 1. The largest absolute Gasteiger partial charge is 0.490 e. The Morgan fingerprint density at radius 2 is 1.96 bits per heavy atom. The lowest BCUT2D eigenvalue weighted by Gasteiger charge is -2.17. The van der Waals surface area contributed by atoms with Crippen LogP contribution in [0.4, 0.5) is 8.78 Å². The molecule has 0 aliphatic heterocycles. The first kappa shape index (κ1) is 26.6. The van der Waals surface area contributed by atoms with Crippen molar-refractivity contribution in [1.82, 2.24) is 15.4 Å². The SMILES string of the molecule is CCOc1cccc(CNC(=NC)NCCCNS(C)(=O)=O)c1OC(F)F.I. The summed E-state index contributed by atoms with van der Waals surface area (Å²) in [6, 6.07) is 4.90. The number of nitrogens with zero attached hydrogens (tertiary/aromatic N) is 1. The van der Waals surface area contributed by atoms with Gasteiger partial charge in [0.05, 0.1) is 12.9 Å². The molecule has 0 aliphatic rings.